The van der Waals surface area contributed by atoms with Crippen molar-refractivity contribution < 1.29 is 19.1 Å². The molecule has 1 aromatic rings. The summed E-state index contributed by atoms with van der Waals surface area (Å²) in [6.07, 6.45) is 2.81. The van der Waals surface area contributed by atoms with Gasteiger partial charge in [-0.2, -0.15) is 5.10 Å². The van der Waals surface area contributed by atoms with Crippen molar-refractivity contribution in [3.63, 3.8) is 0 Å². The number of carbonyl (C=O) groups is 2. The summed E-state index contributed by atoms with van der Waals surface area (Å²) in [6, 6.07) is 0. The molecule has 6 heteroatoms. The standard InChI is InChI=1S/C10H14N2O4/c1-3-15-9(13)7-12-6-8(5-11-12)10(14)16-4-2/h5-6H,3-4,7H2,1-2H3. The third kappa shape index (κ3) is 3.38. The minimum atomic E-state index is -0.447. The second-order valence-electron chi connectivity index (χ2n) is 2.95. The minimum Gasteiger partial charge on any atom is -0.465 e. The molecule has 0 amide bonds. The van der Waals surface area contributed by atoms with Crippen LogP contribution in [0.5, 0.6) is 0 Å². The van der Waals surface area contributed by atoms with Gasteiger partial charge in [0.05, 0.1) is 25.0 Å². The predicted octanol–water partition coefficient (Wildman–Crippen LogP) is 0.623. The molecule has 0 unspecified atom stereocenters. The molecule has 88 valence electrons. The number of esters is 2. The molecule has 0 aliphatic heterocycles. The molecule has 1 aromatic heterocycles. The number of aromatic nitrogens is 2. The van der Waals surface area contributed by atoms with Crippen LogP contribution >= 0.6 is 0 Å². The van der Waals surface area contributed by atoms with Crippen LogP contribution in [-0.2, 0) is 20.8 Å². The van der Waals surface area contributed by atoms with E-state index in [4.69, 9.17) is 9.47 Å². The zero-order valence-corrected chi connectivity index (χ0v) is 9.30. The van der Waals surface area contributed by atoms with Gasteiger partial charge >= 0.3 is 11.9 Å². The van der Waals surface area contributed by atoms with Crippen LogP contribution < -0.4 is 0 Å². The van der Waals surface area contributed by atoms with Gasteiger partial charge in [0.2, 0.25) is 0 Å². The molecule has 0 saturated heterocycles. The van der Waals surface area contributed by atoms with Gasteiger partial charge in [-0.3, -0.25) is 9.48 Å². The fourth-order valence-electron chi connectivity index (χ4n) is 1.11. The number of hydrogen-bond acceptors (Lipinski definition) is 5. The van der Waals surface area contributed by atoms with Crippen molar-refractivity contribution in [2.24, 2.45) is 0 Å². The van der Waals surface area contributed by atoms with Crippen LogP contribution in [0, 0.1) is 0 Å². The normalized spacial score (nSPS) is 9.88. The first-order chi connectivity index (χ1) is 7.67. The summed E-state index contributed by atoms with van der Waals surface area (Å²) in [5, 5.41) is 3.86. The summed E-state index contributed by atoms with van der Waals surface area (Å²) < 4.78 is 10.9. The number of nitrogens with zero attached hydrogens (tertiary/aromatic N) is 2. The SMILES string of the molecule is CCOC(=O)Cn1cc(C(=O)OCC)cn1. The summed E-state index contributed by atoms with van der Waals surface area (Å²) in [5.41, 5.74) is 0.325. The Balaban J connectivity index is 2.57. The number of rotatable bonds is 5. The quantitative estimate of drug-likeness (QED) is 0.688. The van der Waals surface area contributed by atoms with Gasteiger partial charge in [0.1, 0.15) is 6.54 Å². The lowest BCUT2D eigenvalue weighted by atomic mass is 10.4. The van der Waals surface area contributed by atoms with Crippen LogP contribution in [0.1, 0.15) is 24.2 Å². The highest BCUT2D eigenvalue weighted by Crippen LogP contribution is 2.00. The Hall–Kier alpha value is -1.85. The molecule has 6 nitrogen and oxygen atoms in total. The van der Waals surface area contributed by atoms with Crippen molar-refractivity contribution >= 4 is 11.9 Å². The molecule has 0 saturated carbocycles. The Morgan fingerprint density at radius 1 is 1.31 bits per heavy atom. The maximum absolute atomic E-state index is 11.3. The van der Waals surface area contributed by atoms with E-state index in [1.165, 1.54) is 17.1 Å². The molecule has 0 fully saturated rings. The molecule has 0 aromatic carbocycles. The van der Waals surface area contributed by atoms with E-state index in [1.54, 1.807) is 13.8 Å². The summed E-state index contributed by atoms with van der Waals surface area (Å²) in [7, 11) is 0. The van der Waals surface area contributed by atoms with Crippen LogP contribution in [0.25, 0.3) is 0 Å². The van der Waals surface area contributed by atoms with E-state index >= 15 is 0 Å². The zero-order valence-electron chi connectivity index (χ0n) is 9.30. The Morgan fingerprint density at radius 2 is 2.00 bits per heavy atom. The Labute approximate surface area is 93.1 Å². The maximum Gasteiger partial charge on any atom is 0.341 e. The van der Waals surface area contributed by atoms with Crippen LogP contribution in [0.4, 0.5) is 0 Å². The van der Waals surface area contributed by atoms with Gasteiger partial charge in [-0.1, -0.05) is 0 Å². The highest BCUT2D eigenvalue weighted by Gasteiger charge is 2.11. The number of hydrogen-bond donors (Lipinski definition) is 0. The highest BCUT2D eigenvalue weighted by molar-refractivity contribution is 5.88. The smallest absolute Gasteiger partial charge is 0.341 e. The molecule has 1 rings (SSSR count). The van der Waals surface area contributed by atoms with Gasteiger partial charge in [-0.05, 0) is 13.8 Å². The Morgan fingerprint density at radius 3 is 2.62 bits per heavy atom. The third-order valence-electron chi connectivity index (χ3n) is 1.74. The number of carbonyl (C=O) groups excluding carboxylic acids is 2. The first kappa shape index (κ1) is 12.2. The van der Waals surface area contributed by atoms with Gasteiger partial charge in [0.25, 0.3) is 0 Å². The second kappa shape index (κ2) is 5.89. The molecule has 0 radical (unpaired) electrons. The minimum absolute atomic E-state index is 0.00670. The summed E-state index contributed by atoms with van der Waals surface area (Å²) in [6.45, 7) is 4.08. The molecule has 0 bridgehead atoms. The molecule has 0 N–H and O–H groups in total. The van der Waals surface area contributed by atoms with E-state index < -0.39 is 5.97 Å². The van der Waals surface area contributed by atoms with Crippen molar-refractivity contribution in [3.8, 4) is 0 Å². The average Bonchev–Trinajstić information content (AvgIpc) is 2.67. The van der Waals surface area contributed by atoms with Crippen molar-refractivity contribution in [1.82, 2.24) is 9.78 Å². The van der Waals surface area contributed by atoms with Gasteiger partial charge in [-0.25, -0.2) is 4.79 Å². The maximum atomic E-state index is 11.3. The summed E-state index contributed by atoms with van der Waals surface area (Å²) >= 11 is 0. The van der Waals surface area contributed by atoms with Gasteiger partial charge in [-0.15, -0.1) is 0 Å². The first-order valence-electron chi connectivity index (χ1n) is 5.02. The van der Waals surface area contributed by atoms with E-state index in [-0.39, 0.29) is 12.5 Å². The molecule has 1 heterocycles. The van der Waals surface area contributed by atoms with Crippen molar-refractivity contribution in [1.29, 1.82) is 0 Å². The molecule has 0 atom stereocenters. The van der Waals surface area contributed by atoms with E-state index in [0.29, 0.717) is 18.8 Å². The molecule has 0 aliphatic rings. The topological polar surface area (TPSA) is 70.4 Å². The predicted molar refractivity (Wildman–Crippen MR) is 54.8 cm³/mol. The van der Waals surface area contributed by atoms with Crippen molar-refractivity contribution in [2.45, 2.75) is 20.4 Å². The highest BCUT2D eigenvalue weighted by atomic mass is 16.5. The van der Waals surface area contributed by atoms with Crippen molar-refractivity contribution in [3.05, 3.63) is 18.0 Å². The monoisotopic (exact) mass is 226 g/mol. The zero-order chi connectivity index (χ0) is 12.0. The van der Waals surface area contributed by atoms with Crippen LogP contribution in [0.2, 0.25) is 0 Å². The number of ether oxygens (including phenoxy) is 2. The lowest BCUT2D eigenvalue weighted by molar-refractivity contribution is -0.144. The summed E-state index contributed by atoms with van der Waals surface area (Å²) in [5.74, 6) is -0.835. The molecule has 0 aliphatic carbocycles. The van der Waals surface area contributed by atoms with Gasteiger partial charge < -0.3 is 9.47 Å². The van der Waals surface area contributed by atoms with E-state index in [9.17, 15) is 9.59 Å². The van der Waals surface area contributed by atoms with E-state index in [0.717, 1.165) is 0 Å². The van der Waals surface area contributed by atoms with E-state index in [2.05, 4.69) is 5.10 Å². The fraction of sp³-hybridized carbons (Fsp3) is 0.500. The molecule has 0 spiro atoms. The third-order valence-corrected chi connectivity index (χ3v) is 1.74. The Bertz CT molecular complexity index is 373. The lowest BCUT2D eigenvalue weighted by Crippen LogP contribution is -2.13. The second-order valence-corrected chi connectivity index (χ2v) is 2.95. The average molecular weight is 226 g/mol. The van der Waals surface area contributed by atoms with Gasteiger partial charge in [0, 0.05) is 6.20 Å². The van der Waals surface area contributed by atoms with Crippen LogP contribution in [-0.4, -0.2) is 34.9 Å². The molecular weight excluding hydrogens is 212 g/mol. The van der Waals surface area contributed by atoms with Gasteiger partial charge in [0.15, 0.2) is 0 Å². The molecular formula is C10H14N2O4. The fourth-order valence-corrected chi connectivity index (χ4v) is 1.11. The van der Waals surface area contributed by atoms with Crippen molar-refractivity contribution in [2.75, 3.05) is 13.2 Å². The Kier molecular flexibility index (Phi) is 4.50. The molecule has 16 heavy (non-hydrogen) atoms. The summed E-state index contributed by atoms with van der Waals surface area (Å²) in [4.78, 5) is 22.4. The van der Waals surface area contributed by atoms with Crippen LogP contribution in [0.3, 0.4) is 0 Å². The largest absolute Gasteiger partial charge is 0.465 e. The lowest BCUT2D eigenvalue weighted by Gasteiger charge is -2.01. The van der Waals surface area contributed by atoms with Crippen LogP contribution in [0.15, 0.2) is 12.4 Å². The first-order valence-corrected chi connectivity index (χ1v) is 5.02. The van der Waals surface area contributed by atoms with E-state index in [1.807, 2.05) is 0 Å².